The summed E-state index contributed by atoms with van der Waals surface area (Å²) in [5.74, 6) is -0.918. The van der Waals surface area contributed by atoms with Gasteiger partial charge in [-0.3, -0.25) is 4.79 Å². The Morgan fingerprint density at radius 1 is 1.16 bits per heavy atom. The van der Waals surface area contributed by atoms with Crippen LogP contribution in [0.25, 0.3) is 0 Å². The van der Waals surface area contributed by atoms with E-state index in [0.717, 1.165) is 0 Å². The van der Waals surface area contributed by atoms with Crippen LogP contribution in [0.3, 0.4) is 0 Å². The van der Waals surface area contributed by atoms with E-state index < -0.39 is 11.9 Å². The largest absolute Gasteiger partial charge is 0.481 e. The van der Waals surface area contributed by atoms with Crippen molar-refractivity contribution in [2.45, 2.75) is 41.0 Å². The Hall–Kier alpha value is -1.26. The van der Waals surface area contributed by atoms with Gasteiger partial charge in [-0.05, 0) is 23.2 Å². The molecule has 0 saturated heterocycles. The second kappa shape index (κ2) is 5.39. The Bertz CT molecular complexity index is 350. The lowest BCUT2D eigenvalue weighted by Gasteiger charge is -2.12. The van der Waals surface area contributed by atoms with Gasteiger partial charge in [0.2, 0.25) is 0 Å². The maximum absolute atomic E-state index is 11.6. The molecule has 1 atom stereocenters. The molecule has 5 nitrogen and oxygen atoms in total. The first kappa shape index (κ1) is 15.8. The van der Waals surface area contributed by atoms with Crippen molar-refractivity contribution in [2.75, 3.05) is 13.1 Å². The normalized spacial score (nSPS) is 21.5. The molecule has 1 saturated carbocycles. The van der Waals surface area contributed by atoms with Crippen molar-refractivity contribution in [3.05, 3.63) is 0 Å². The van der Waals surface area contributed by atoms with Crippen LogP contribution >= 0.6 is 0 Å². The summed E-state index contributed by atoms with van der Waals surface area (Å²) < 4.78 is 0. The molecule has 19 heavy (non-hydrogen) atoms. The van der Waals surface area contributed by atoms with Gasteiger partial charge < -0.3 is 15.7 Å². The highest BCUT2D eigenvalue weighted by Gasteiger charge is 2.64. The summed E-state index contributed by atoms with van der Waals surface area (Å²) in [4.78, 5) is 22.4. The molecule has 1 fully saturated rings. The van der Waals surface area contributed by atoms with Crippen LogP contribution in [-0.2, 0) is 4.79 Å². The maximum atomic E-state index is 11.6. The third-order valence-electron chi connectivity index (χ3n) is 5.14. The molecule has 1 aliphatic carbocycles. The van der Waals surface area contributed by atoms with Crippen molar-refractivity contribution in [2.24, 2.45) is 22.7 Å². The fraction of sp³-hybridized carbons (Fsp3) is 0.857. The average Bonchev–Trinajstić information content (AvgIpc) is 2.67. The molecule has 0 bridgehead atoms. The summed E-state index contributed by atoms with van der Waals surface area (Å²) in [5, 5.41) is 14.3. The van der Waals surface area contributed by atoms with E-state index >= 15 is 0 Å². The van der Waals surface area contributed by atoms with E-state index in [1.165, 1.54) is 0 Å². The Balaban J connectivity index is 2.29. The minimum absolute atomic E-state index is 0.176. The highest BCUT2D eigenvalue weighted by Crippen LogP contribution is 2.67. The molecule has 1 unspecified atom stereocenters. The van der Waals surface area contributed by atoms with Gasteiger partial charge in [0.05, 0.1) is 5.92 Å². The van der Waals surface area contributed by atoms with E-state index in [1.807, 2.05) is 0 Å². The summed E-state index contributed by atoms with van der Waals surface area (Å²) in [5.41, 5.74) is 0.487. The van der Waals surface area contributed by atoms with Crippen molar-refractivity contribution in [3.63, 3.8) is 0 Å². The summed E-state index contributed by atoms with van der Waals surface area (Å²) in [7, 11) is 0. The van der Waals surface area contributed by atoms with Crippen molar-refractivity contribution < 1.29 is 14.7 Å². The highest BCUT2D eigenvalue weighted by atomic mass is 16.4. The lowest BCUT2D eigenvalue weighted by atomic mass is 10.0. The van der Waals surface area contributed by atoms with E-state index in [1.54, 1.807) is 6.92 Å². The SMILES string of the molecule is CCC(CNC(=O)NCC1C(C)(C)C1(C)C)C(=O)O. The molecule has 1 rings (SSSR count). The van der Waals surface area contributed by atoms with Crippen LogP contribution in [-0.4, -0.2) is 30.2 Å². The molecule has 0 radical (unpaired) electrons. The molecule has 0 heterocycles. The van der Waals surface area contributed by atoms with E-state index in [-0.39, 0.29) is 23.4 Å². The van der Waals surface area contributed by atoms with Crippen LogP contribution < -0.4 is 10.6 Å². The lowest BCUT2D eigenvalue weighted by molar-refractivity contribution is -0.141. The zero-order valence-corrected chi connectivity index (χ0v) is 12.5. The molecule has 110 valence electrons. The minimum atomic E-state index is -0.868. The number of amides is 2. The summed E-state index contributed by atoms with van der Waals surface area (Å²) in [6.07, 6.45) is 0.512. The molecular weight excluding hydrogens is 244 g/mol. The van der Waals surface area contributed by atoms with Crippen molar-refractivity contribution >= 4 is 12.0 Å². The van der Waals surface area contributed by atoms with Crippen LogP contribution in [0.4, 0.5) is 4.79 Å². The van der Waals surface area contributed by atoms with E-state index in [0.29, 0.717) is 18.9 Å². The Morgan fingerprint density at radius 3 is 2.05 bits per heavy atom. The second-order valence-corrected chi connectivity index (χ2v) is 6.53. The van der Waals surface area contributed by atoms with Gasteiger partial charge in [-0.2, -0.15) is 0 Å². The third kappa shape index (κ3) is 3.19. The molecule has 0 spiro atoms. The number of carboxylic acids is 1. The van der Waals surface area contributed by atoms with Crippen LogP contribution in [0.1, 0.15) is 41.0 Å². The number of nitrogens with one attached hydrogen (secondary N) is 2. The first-order valence-corrected chi connectivity index (χ1v) is 6.89. The summed E-state index contributed by atoms with van der Waals surface area (Å²) >= 11 is 0. The number of aliphatic carboxylic acids is 1. The van der Waals surface area contributed by atoms with Crippen molar-refractivity contribution in [1.82, 2.24) is 10.6 Å². The smallest absolute Gasteiger partial charge is 0.314 e. The van der Waals surface area contributed by atoms with Gasteiger partial charge in [-0.15, -0.1) is 0 Å². The zero-order valence-electron chi connectivity index (χ0n) is 12.5. The van der Waals surface area contributed by atoms with Crippen LogP contribution in [0.2, 0.25) is 0 Å². The number of hydrogen-bond acceptors (Lipinski definition) is 2. The topological polar surface area (TPSA) is 78.4 Å². The van der Waals surface area contributed by atoms with Gasteiger partial charge in [0.1, 0.15) is 0 Å². The van der Waals surface area contributed by atoms with Crippen LogP contribution in [0.5, 0.6) is 0 Å². The molecule has 5 heteroatoms. The van der Waals surface area contributed by atoms with Crippen molar-refractivity contribution in [1.29, 1.82) is 0 Å². The Morgan fingerprint density at radius 2 is 1.68 bits per heavy atom. The van der Waals surface area contributed by atoms with Gasteiger partial charge in [-0.1, -0.05) is 34.6 Å². The molecule has 0 aliphatic heterocycles. The number of carboxylic acid groups (broad SMARTS) is 1. The molecule has 0 aromatic rings. The summed E-state index contributed by atoms with van der Waals surface area (Å²) in [6.45, 7) is 11.4. The van der Waals surface area contributed by atoms with Crippen LogP contribution in [0.15, 0.2) is 0 Å². The average molecular weight is 270 g/mol. The first-order valence-electron chi connectivity index (χ1n) is 6.89. The van der Waals surface area contributed by atoms with E-state index in [4.69, 9.17) is 5.11 Å². The first-order chi connectivity index (χ1) is 8.64. The standard InChI is InChI=1S/C14H26N2O3/c1-6-9(11(17)18)7-15-12(19)16-8-10-13(2,3)14(10,4)5/h9-10H,6-8H2,1-5H3,(H,17,18)(H2,15,16,19). The fourth-order valence-electron chi connectivity index (χ4n) is 2.72. The highest BCUT2D eigenvalue weighted by molar-refractivity contribution is 5.75. The summed E-state index contributed by atoms with van der Waals surface area (Å²) in [6, 6.07) is -0.279. The Kier molecular flexibility index (Phi) is 4.48. The van der Waals surface area contributed by atoms with E-state index in [2.05, 4.69) is 38.3 Å². The fourth-order valence-corrected chi connectivity index (χ4v) is 2.72. The van der Waals surface area contributed by atoms with Gasteiger partial charge in [0.15, 0.2) is 0 Å². The van der Waals surface area contributed by atoms with Crippen LogP contribution in [0, 0.1) is 22.7 Å². The van der Waals surface area contributed by atoms with Gasteiger partial charge >= 0.3 is 12.0 Å². The third-order valence-corrected chi connectivity index (χ3v) is 5.14. The second-order valence-electron chi connectivity index (χ2n) is 6.53. The number of carbonyl (C=O) groups excluding carboxylic acids is 1. The van der Waals surface area contributed by atoms with Gasteiger partial charge in [0.25, 0.3) is 0 Å². The minimum Gasteiger partial charge on any atom is -0.481 e. The Labute approximate surface area is 115 Å². The van der Waals surface area contributed by atoms with Crippen molar-refractivity contribution in [3.8, 4) is 0 Å². The van der Waals surface area contributed by atoms with E-state index in [9.17, 15) is 9.59 Å². The molecule has 2 amide bonds. The van der Waals surface area contributed by atoms with Gasteiger partial charge in [-0.25, -0.2) is 4.79 Å². The number of carbonyl (C=O) groups is 2. The number of urea groups is 1. The molecule has 3 N–H and O–H groups in total. The number of rotatable bonds is 6. The zero-order chi connectivity index (χ0) is 14.8. The lowest BCUT2D eigenvalue weighted by Crippen LogP contribution is -2.40. The monoisotopic (exact) mass is 270 g/mol. The molecule has 0 aromatic carbocycles. The quantitative estimate of drug-likeness (QED) is 0.691. The predicted molar refractivity (Wildman–Crippen MR) is 73.9 cm³/mol. The predicted octanol–water partition coefficient (Wildman–Crippen LogP) is 2.08. The number of hydrogen-bond donors (Lipinski definition) is 3. The maximum Gasteiger partial charge on any atom is 0.314 e. The molecule has 0 aromatic heterocycles. The molecular formula is C14H26N2O3. The molecule has 1 aliphatic rings. The van der Waals surface area contributed by atoms with Gasteiger partial charge in [0, 0.05) is 13.1 Å².